The van der Waals surface area contributed by atoms with Gasteiger partial charge in [0.05, 0.1) is 18.4 Å². The lowest BCUT2D eigenvalue weighted by Crippen LogP contribution is -2.45. The molecule has 37 heavy (non-hydrogen) atoms. The summed E-state index contributed by atoms with van der Waals surface area (Å²) in [5, 5.41) is 9.00. The van der Waals surface area contributed by atoms with Crippen LogP contribution in [-0.4, -0.2) is 53.8 Å². The van der Waals surface area contributed by atoms with Crippen LogP contribution >= 0.6 is 0 Å². The van der Waals surface area contributed by atoms with Gasteiger partial charge in [0.15, 0.2) is 17.0 Å². The molecule has 1 amide bonds. The number of rotatable bonds is 7. The molecule has 1 aromatic carbocycles. The normalized spacial score (nSPS) is 17.9. The van der Waals surface area contributed by atoms with Crippen molar-refractivity contribution in [3.8, 4) is 5.75 Å². The van der Waals surface area contributed by atoms with E-state index in [1.165, 1.54) is 0 Å². The number of carbonyl (C=O) groups excluding carboxylic acids is 1. The van der Waals surface area contributed by atoms with Crippen molar-refractivity contribution in [2.75, 3.05) is 41.7 Å². The first-order chi connectivity index (χ1) is 17.6. The zero-order chi connectivity index (χ0) is 26.2. The molecule has 0 spiro atoms. The summed E-state index contributed by atoms with van der Waals surface area (Å²) >= 11 is 0. The number of alkyl halides is 3. The van der Waals surface area contributed by atoms with Gasteiger partial charge in [-0.3, -0.25) is 4.79 Å². The third kappa shape index (κ3) is 5.74. The van der Waals surface area contributed by atoms with Crippen LogP contribution in [0.5, 0.6) is 5.75 Å². The molecule has 0 radical (unpaired) electrons. The molecule has 2 aliphatic rings. The maximum absolute atomic E-state index is 12.4. The van der Waals surface area contributed by atoms with Crippen LogP contribution in [0.15, 0.2) is 34.9 Å². The monoisotopic (exact) mass is 518 g/mol. The topological polar surface area (TPSA) is 105 Å². The highest BCUT2D eigenvalue weighted by Crippen LogP contribution is 2.36. The highest BCUT2D eigenvalue weighted by Gasteiger charge is 2.35. The van der Waals surface area contributed by atoms with Crippen molar-refractivity contribution in [1.82, 2.24) is 15.3 Å². The molecule has 198 valence electrons. The smallest absolute Gasteiger partial charge is 0.390 e. The highest BCUT2D eigenvalue weighted by atomic mass is 19.4. The third-order valence-electron chi connectivity index (χ3n) is 6.61. The number of furan rings is 1. The lowest BCUT2D eigenvalue weighted by molar-refractivity contribution is -0.133. The summed E-state index contributed by atoms with van der Waals surface area (Å²) in [7, 11) is 0. The quantitative estimate of drug-likeness (QED) is 0.382. The molecular formula is C25H29F3N6O3. The van der Waals surface area contributed by atoms with Crippen LogP contribution in [0.2, 0.25) is 0 Å². The summed E-state index contributed by atoms with van der Waals surface area (Å²) in [4.78, 5) is 23.7. The molecule has 0 atom stereocenters. The van der Waals surface area contributed by atoms with E-state index in [0.29, 0.717) is 65.5 Å². The maximum Gasteiger partial charge on any atom is 0.390 e. The molecule has 9 nitrogen and oxygen atoms in total. The van der Waals surface area contributed by atoms with Gasteiger partial charge in [-0.25, -0.2) is 4.98 Å². The standard InChI is InChI=1S/C25H29F3N6O3/c1-24(2)22(35)31-18-13-16(3-4-19(18)37-24)30-23-32-17-7-12-36-20(17)21(33-23)34-10-5-15(6-11-34)14-29-9-8-25(26,27)28/h3-4,7,12-13,15,29H,5-6,8-11,14H2,1-2H3,(H,31,35)(H,30,32,33). The first kappa shape index (κ1) is 25.1. The predicted octanol–water partition coefficient (Wildman–Crippen LogP) is 4.83. The number of fused-ring (bicyclic) bond motifs is 2. The van der Waals surface area contributed by atoms with Gasteiger partial charge in [-0.2, -0.15) is 18.2 Å². The highest BCUT2D eigenvalue weighted by molar-refractivity contribution is 6.00. The van der Waals surface area contributed by atoms with Crippen LogP contribution in [0.1, 0.15) is 33.1 Å². The van der Waals surface area contributed by atoms with Crippen molar-refractivity contribution >= 4 is 40.1 Å². The van der Waals surface area contributed by atoms with Crippen LogP contribution < -0.4 is 25.6 Å². The molecular weight excluding hydrogens is 489 g/mol. The van der Waals surface area contributed by atoms with Gasteiger partial charge in [0.2, 0.25) is 5.95 Å². The largest absolute Gasteiger partial charge is 0.476 e. The predicted molar refractivity (Wildman–Crippen MR) is 133 cm³/mol. The van der Waals surface area contributed by atoms with Gasteiger partial charge in [-0.05, 0) is 57.4 Å². The summed E-state index contributed by atoms with van der Waals surface area (Å²) in [5.41, 5.74) is 1.53. The molecule has 0 aliphatic carbocycles. The molecule has 0 saturated carbocycles. The molecule has 0 bridgehead atoms. The van der Waals surface area contributed by atoms with Crippen molar-refractivity contribution < 1.29 is 27.1 Å². The molecule has 2 aliphatic heterocycles. The summed E-state index contributed by atoms with van der Waals surface area (Å²) in [6, 6.07) is 7.14. The maximum atomic E-state index is 12.4. The molecule has 3 N–H and O–H groups in total. The van der Waals surface area contributed by atoms with E-state index in [1.54, 1.807) is 38.3 Å². The average Bonchev–Trinajstić information content (AvgIpc) is 3.31. The van der Waals surface area contributed by atoms with Crippen LogP contribution in [0.25, 0.3) is 11.1 Å². The minimum absolute atomic E-state index is 0.0616. The molecule has 4 heterocycles. The second kappa shape index (κ2) is 9.73. The fourth-order valence-corrected chi connectivity index (χ4v) is 4.52. The number of hydrogen-bond donors (Lipinski definition) is 3. The molecule has 2 aromatic heterocycles. The van der Waals surface area contributed by atoms with Crippen LogP contribution in [0.4, 0.5) is 36.3 Å². The number of aromatic nitrogens is 2. The Morgan fingerprint density at radius 1 is 1.19 bits per heavy atom. The lowest BCUT2D eigenvalue weighted by Gasteiger charge is -2.33. The van der Waals surface area contributed by atoms with Gasteiger partial charge in [-0.15, -0.1) is 0 Å². The summed E-state index contributed by atoms with van der Waals surface area (Å²) in [6.07, 6.45) is -1.73. The summed E-state index contributed by atoms with van der Waals surface area (Å²) < 4.78 is 48.5. The van der Waals surface area contributed by atoms with Gasteiger partial charge < -0.3 is 30.0 Å². The number of benzene rings is 1. The lowest BCUT2D eigenvalue weighted by atomic mass is 9.96. The fourth-order valence-electron chi connectivity index (χ4n) is 4.52. The van der Waals surface area contributed by atoms with E-state index >= 15 is 0 Å². The Morgan fingerprint density at radius 2 is 1.97 bits per heavy atom. The van der Waals surface area contributed by atoms with E-state index in [0.717, 1.165) is 12.8 Å². The third-order valence-corrected chi connectivity index (χ3v) is 6.61. The van der Waals surface area contributed by atoms with Crippen molar-refractivity contribution in [3.05, 3.63) is 30.5 Å². The van der Waals surface area contributed by atoms with Gasteiger partial charge >= 0.3 is 6.18 Å². The average molecular weight is 519 g/mol. The molecule has 5 rings (SSSR count). The van der Waals surface area contributed by atoms with Crippen molar-refractivity contribution in [3.63, 3.8) is 0 Å². The van der Waals surface area contributed by atoms with E-state index in [9.17, 15) is 18.0 Å². The number of hydrogen-bond acceptors (Lipinski definition) is 8. The Bertz CT molecular complexity index is 1280. The number of ether oxygens (including phenoxy) is 1. The zero-order valence-electron chi connectivity index (χ0n) is 20.6. The fraction of sp³-hybridized carbons (Fsp3) is 0.480. The Kier molecular flexibility index (Phi) is 6.61. The Balaban J connectivity index is 1.26. The Morgan fingerprint density at radius 3 is 2.73 bits per heavy atom. The van der Waals surface area contributed by atoms with Gasteiger partial charge in [0, 0.05) is 31.4 Å². The van der Waals surface area contributed by atoms with E-state index in [2.05, 4.69) is 25.8 Å². The van der Waals surface area contributed by atoms with Crippen LogP contribution in [0, 0.1) is 5.92 Å². The van der Waals surface area contributed by atoms with Crippen molar-refractivity contribution in [2.45, 2.75) is 44.9 Å². The summed E-state index contributed by atoms with van der Waals surface area (Å²) in [6.45, 7) is 5.33. The molecule has 3 aromatic rings. The van der Waals surface area contributed by atoms with E-state index in [4.69, 9.17) is 14.1 Å². The Labute approximate surface area is 211 Å². The van der Waals surface area contributed by atoms with Gasteiger partial charge in [0.25, 0.3) is 5.91 Å². The first-order valence-corrected chi connectivity index (χ1v) is 12.3. The summed E-state index contributed by atoms with van der Waals surface area (Å²) in [5.74, 6) is 1.70. The number of carbonyl (C=O) groups is 1. The first-order valence-electron chi connectivity index (χ1n) is 12.3. The molecule has 1 saturated heterocycles. The SMILES string of the molecule is CC1(C)Oc2ccc(Nc3nc(N4CCC(CNCCC(F)(F)F)CC4)c4occc4n3)cc2NC1=O. The number of piperidine rings is 1. The zero-order valence-corrected chi connectivity index (χ0v) is 20.6. The number of nitrogens with zero attached hydrogens (tertiary/aromatic N) is 3. The minimum atomic E-state index is -4.14. The van der Waals surface area contributed by atoms with Gasteiger partial charge in [-0.1, -0.05) is 0 Å². The number of amides is 1. The van der Waals surface area contributed by atoms with Crippen molar-refractivity contribution in [1.29, 1.82) is 0 Å². The molecule has 12 heteroatoms. The van der Waals surface area contributed by atoms with E-state index < -0.39 is 18.2 Å². The number of anilines is 4. The van der Waals surface area contributed by atoms with Crippen molar-refractivity contribution in [2.24, 2.45) is 5.92 Å². The van der Waals surface area contributed by atoms with Gasteiger partial charge in [0.1, 0.15) is 11.3 Å². The van der Waals surface area contributed by atoms with Crippen LogP contribution in [-0.2, 0) is 4.79 Å². The number of nitrogens with one attached hydrogen (secondary N) is 3. The second-order valence-electron chi connectivity index (χ2n) is 9.91. The van der Waals surface area contributed by atoms with E-state index in [1.807, 2.05) is 6.07 Å². The van der Waals surface area contributed by atoms with Crippen LogP contribution in [0.3, 0.4) is 0 Å². The molecule has 1 fully saturated rings. The number of halogens is 3. The second-order valence-corrected chi connectivity index (χ2v) is 9.91. The van der Waals surface area contributed by atoms with E-state index in [-0.39, 0.29) is 12.5 Å². The minimum Gasteiger partial charge on any atom is -0.476 e. The molecule has 0 unspecified atom stereocenters. The Hall–Kier alpha value is -3.54.